The Hall–Kier alpha value is -1.35. The van der Waals surface area contributed by atoms with Crippen molar-refractivity contribution in [1.29, 1.82) is 0 Å². The second kappa shape index (κ2) is 7.69. The van der Waals surface area contributed by atoms with Gasteiger partial charge in [0.15, 0.2) is 0 Å². The maximum Gasteiger partial charge on any atom is 0.226 e. The SMILES string of the molecule is CCCN(C(=O)C1CC1c1ccc(C(C)C)cc1)C1CCNCC1. The smallest absolute Gasteiger partial charge is 0.226 e. The molecule has 3 nitrogen and oxygen atoms in total. The van der Waals surface area contributed by atoms with Crippen molar-refractivity contribution in [2.75, 3.05) is 19.6 Å². The molecule has 1 aliphatic heterocycles. The highest BCUT2D eigenvalue weighted by Gasteiger charge is 2.46. The van der Waals surface area contributed by atoms with E-state index in [9.17, 15) is 4.79 Å². The lowest BCUT2D eigenvalue weighted by atomic mass is 9.99. The third-order valence-electron chi connectivity index (χ3n) is 5.64. The van der Waals surface area contributed by atoms with Crippen molar-refractivity contribution in [3.63, 3.8) is 0 Å². The maximum absolute atomic E-state index is 13.1. The quantitative estimate of drug-likeness (QED) is 0.859. The van der Waals surface area contributed by atoms with Crippen LogP contribution >= 0.6 is 0 Å². The molecule has 24 heavy (non-hydrogen) atoms. The lowest BCUT2D eigenvalue weighted by Gasteiger charge is -2.35. The van der Waals surface area contributed by atoms with E-state index in [-0.39, 0.29) is 5.92 Å². The molecule has 1 aromatic carbocycles. The number of piperidine rings is 1. The van der Waals surface area contributed by atoms with Gasteiger partial charge in [-0.3, -0.25) is 4.79 Å². The van der Waals surface area contributed by atoms with Crippen molar-refractivity contribution in [2.45, 2.75) is 64.3 Å². The van der Waals surface area contributed by atoms with Gasteiger partial charge in [-0.2, -0.15) is 0 Å². The normalized spacial score (nSPS) is 24.2. The Morgan fingerprint density at radius 2 is 1.88 bits per heavy atom. The fourth-order valence-electron chi connectivity index (χ4n) is 4.01. The Kier molecular flexibility index (Phi) is 5.60. The molecule has 0 radical (unpaired) electrons. The van der Waals surface area contributed by atoms with Gasteiger partial charge in [-0.1, -0.05) is 45.0 Å². The Morgan fingerprint density at radius 3 is 2.46 bits per heavy atom. The molecule has 132 valence electrons. The average molecular weight is 329 g/mol. The van der Waals surface area contributed by atoms with Crippen LogP contribution in [-0.2, 0) is 4.79 Å². The summed E-state index contributed by atoms with van der Waals surface area (Å²) in [6, 6.07) is 9.39. The van der Waals surface area contributed by atoms with Crippen LogP contribution in [0.25, 0.3) is 0 Å². The molecule has 1 amide bonds. The molecule has 1 heterocycles. The first-order valence-corrected chi connectivity index (χ1v) is 9.72. The molecule has 0 bridgehead atoms. The molecule has 3 rings (SSSR count). The van der Waals surface area contributed by atoms with Crippen LogP contribution in [0, 0.1) is 5.92 Å². The fraction of sp³-hybridized carbons (Fsp3) is 0.667. The molecule has 1 N–H and O–H groups in total. The van der Waals surface area contributed by atoms with Crippen LogP contribution < -0.4 is 5.32 Å². The van der Waals surface area contributed by atoms with Crippen LogP contribution in [0.1, 0.15) is 69.4 Å². The Balaban J connectivity index is 1.64. The number of hydrogen-bond donors (Lipinski definition) is 1. The van der Waals surface area contributed by atoms with E-state index in [1.807, 2.05) is 0 Å². The molecular formula is C21H32N2O. The van der Waals surface area contributed by atoms with Gasteiger partial charge >= 0.3 is 0 Å². The fourth-order valence-corrected chi connectivity index (χ4v) is 4.01. The topological polar surface area (TPSA) is 32.3 Å². The molecule has 3 heteroatoms. The number of carbonyl (C=O) groups excluding carboxylic acids is 1. The van der Waals surface area contributed by atoms with E-state index >= 15 is 0 Å². The van der Waals surface area contributed by atoms with Crippen molar-refractivity contribution in [2.24, 2.45) is 5.92 Å². The molecule has 0 aromatic heterocycles. The number of benzene rings is 1. The highest BCUT2D eigenvalue weighted by atomic mass is 16.2. The number of hydrogen-bond acceptors (Lipinski definition) is 2. The molecule has 2 fully saturated rings. The van der Waals surface area contributed by atoms with E-state index in [0.717, 1.165) is 45.3 Å². The highest BCUT2D eigenvalue weighted by Crippen LogP contribution is 2.49. The third kappa shape index (κ3) is 3.83. The molecule has 2 aliphatic rings. The zero-order valence-corrected chi connectivity index (χ0v) is 15.4. The van der Waals surface area contributed by atoms with Gasteiger partial charge in [0.2, 0.25) is 5.91 Å². The van der Waals surface area contributed by atoms with Crippen LogP contribution in [0.2, 0.25) is 0 Å². The summed E-state index contributed by atoms with van der Waals surface area (Å²) in [7, 11) is 0. The number of nitrogens with one attached hydrogen (secondary N) is 1. The van der Waals surface area contributed by atoms with E-state index in [4.69, 9.17) is 0 Å². The molecule has 1 saturated heterocycles. The van der Waals surface area contributed by atoms with E-state index in [1.54, 1.807) is 0 Å². The van der Waals surface area contributed by atoms with Crippen molar-refractivity contribution >= 4 is 5.91 Å². The van der Waals surface area contributed by atoms with Crippen LogP contribution in [0.5, 0.6) is 0 Å². The predicted molar refractivity (Wildman–Crippen MR) is 99.3 cm³/mol. The molecule has 1 saturated carbocycles. The minimum absolute atomic E-state index is 0.219. The second-order valence-corrected chi connectivity index (χ2v) is 7.78. The van der Waals surface area contributed by atoms with Crippen LogP contribution in [0.15, 0.2) is 24.3 Å². The maximum atomic E-state index is 13.1. The monoisotopic (exact) mass is 328 g/mol. The minimum atomic E-state index is 0.219. The zero-order chi connectivity index (χ0) is 17.1. The summed E-state index contributed by atoms with van der Waals surface area (Å²) < 4.78 is 0. The molecule has 2 unspecified atom stereocenters. The summed E-state index contributed by atoms with van der Waals surface area (Å²) in [4.78, 5) is 15.3. The van der Waals surface area contributed by atoms with E-state index in [1.165, 1.54) is 11.1 Å². The molecule has 0 spiro atoms. The predicted octanol–water partition coefficient (Wildman–Crippen LogP) is 3.90. The van der Waals surface area contributed by atoms with Gasteiger partial charge in [0.25, 0.3) is 0 Å². The standard InChI is InChI=1S/C21H32N2O/c1-4-13-23(18-9-11-22-12-10-18)21(24)20-14-19(20)17-7-5-16(6-8-17)15(2)3/h5-8,15,18-20,22H,4,9-14H2,1-3H3. The van der Waals surface area contributed by atoms with Crippen LogP contribution in [0.3, 0.4) is 0 Å². The van der Waals surface area contributed by atoms with E-state index in [0.29, 0.717) is 23.8 Å². The highest BCUT2D eigenvalue weighted by molar-refractivity contribution is 5.83. The first-order chi connectivity index (χ1) is 11.6. The van der Waals surface area contributed by atoms with Gasteiger partial charge in [-0.25, -0.2) is 0 Å². The number of amides is 1. The molecule has 1 aromatic rings. The third-order valence-corrected chi connectivity index (χ3v) is 5.64. The Labute approximate surface area is 146 Å². The number of rotatable bonds is 6. The number of nitrogens with zero attached hydrogens (tertiary/aromatic N) is 1. The summed E-state index contributed by atoms with van der Waals surface area (Å²) in [5.41, 5.74) is 2.73. The van der Waals surface area contributed by atoms with Gasteiger partial charge < -0.3 is 10.2 Å². The first-order valence-electron chi connectivity index (χ1n) is 9.72. The summed E-state index contributed by atoms with van der Waals surface area (Å²) in [5.74, 6) is 1.63. The van der Waals surface area contributed by atoms with Gasteiger partial charge in [-0.05, 0) is 61.7 Å². The van der Waals surface area contributed by atoms with Crippen molar-refractivity contribution in [1.82, 2.24) is 10.2 Å². The summed E-state index contributed by atoms with van der Waals surface area (Å²) >= 11 is 0. The second-order valence-electron chi connectivity index (χ2n) is 7.78. The van der Waals surface area contributed by atoms with E-state index in [2.05, 4.69) is 55.3 Å². The molecule has 1 aliphatic carbocycles. The first kappa shape index (κ1) is 17.5. The van der Waals surface area contributed by atoms with Gasteiger partial charge in [-0.15, -0.1) is 0 Å². The minimum Gasteiger partial charge on any atom is -0.339 e. The van der Waals surface area contributed by atoms with Crippen molar-refractivity contribution in [3.8, 4) is 0 Å². The summed E-state index contributed by atoms with van der Waals surface area (Å²) in [6.07, 6.45) is 4.29. The summed E-state index contributed by atoms with van der Waals surface area (Å²) in [6.45, 7) is 9.63. The van der Waals surface area contributed by atoms with Crippen molar-refractivity contribution in [3.05, 3.63) is 35.4 Å². The van der Waals surface area contributed by atoms with Gasteiger partial charge in [0.1, 0.15) is 0 Å². The lowest BCUT2D eigenvalue weighted by Crippen LogP contribution is -2.47. The molecular weight excluding hydrogens is 296 g/mol. The van der Waals surface area contributed by atoms with Crippen molar-refractivity contribution < 1.29 is 4.79 Å². The Bertz CT molecular complexity index is 545. The number of carbonyl (C=O) groups is 1. The summed E-state index contributed by atoms with van der Waals surface area (Å²) in [5, 5.41) is 3.41. The van der Waals surface area contributed by atoms with Gasteiger partial charge in [0.05, 0.1) is 0 Å². The Morgan fingerprint density at radius 1 is 1.21 bits per heavy atom. The van der Waals surface area contributed by atoms with E-state index < -0.39 is 0 Å². The van der Waals surface area contributed by atoms with Crippen LogP contribution in [0.4, 0.5) is 0 Å². The largest absolute Gasteiger partial charge is 0.339 e. The zero-order valence-electron chi connectivity index (χ0n) is 15.4. The average Bonchev–Trinajstić information content (AvgIpc) is 3.41. The molecule has 2 atom stereocenters. The van der Waals surface area contributed by atoms with Crippen LogP contribution in [-0.4, -0.2) is 36.5 Å². The lowest BCUT2D eigenvalue weighted by molar-refractivity contribution is -0.135. The van der Waals surface area contributed by atoms with Gasteiger partial charge in [0, 0.05) is 18.5 Å².